The van der Waals surface area contributed by atoms with Crippen molar-refractivity contribution in [2.45, 2.75) is 19.4 Å². The smallest absolute Gasteiger partial charge is 0.258 e. The summed E-state index contributed by atoms with van der Waals surface area (Å²) < 4.78 is 5.68. The number of ether oxygens (including phenoxy) is 1. The fourth-order valence-electron chi connectivity index (χ4n) is 4.50. The third-order valence-corrected chi connectivity index (χ3v) is 6.45. The first-order valence-corrected chi connectivity index (χ1v) is 11.2. The zero-order chi connectivity index (χ0) is 21.8. The summed E-state index contributed by atoms with van der Waals surface area (Å²) in [4.78, 5) is 19.7. The van der Waals surface area contributed by atoms with Crippen LogP contribution in [0.15, 0.2) is 42.5 Å². The Morgan fingerprint density at radius 1 is 1.06 bits per heavy atom. The lowest BCUT2D eigenvalue weighted by Crippen LogP contribution is -2.48. The fourth-order valence-corrected chi connectivity index (χ4v) is 4.50. The van der Waals surface area contributed by atoms with Gasteiger partial charge in [-0.2, -0.15) is 0 Å². The molecule has 0 bridgehead atoms. The highest BCUT2D eigenvalue weighted by molar-refractivity contribution is 5.77. The molecule has 166 valence electrons. The molecule has 0 radical (unpaired) electrons. The molecule has 2 heterocycles. The maximum atomic E-state index is 12.5. The predicted octanol–water partition coefficient (Wildman–Crippen LogP) is 2.47. The molecule has 0 saturated carbocycles. The fraction of sp³-hybridized carbons (Fsp3) is 0.480. The van der Waals surface area contributed by atoms with E-state index in [-0.39, 0.29) is 18.6 Å². The Balaban J connectivity index is 1.42. The van der Waals surface area contributed by atoms with Crippen LogP contribution in [0.4, 0.5) is 5.69 Å². The molecular formula is C25H34N4O2. The average molecular weight is 423 g/mol. The van der Waals surface area contributed by atoms with Gasteiger partial charge in [-0.1, -0.05) is 24.3 Å². The number of nitrogens with zero attached hydrogens (tertiary/aromatic N) is 3. The Morgan fingerprint density at radius 2 is 1.87 bits per heavy atom. The summed E-state index contributed by atoms with van der Waals surface area (Å²) in [6, 6.07) is 14.8. The standard InChI is InChI=1S/C25H34N4O2/c1-19-5-4-6-22(15-19)31-18-25(30)26-17-24(29-13-11-27(2)12-14-29)20-7-8-23-21(16-20)9-10-28(23)3/h4-8,15-16,24H,9-14,17-18H2,1-3H3,(H,26,30)/t24-/m1/s1. The number of amides is 1. The molecule has 0 unspecified atom stereocenters. The Morgan fingerprint density at radius 3 is 2.65 bits per heavy atom. The minimum atomic E-state index is -0.0819. The van der Waals surface area contributed by atoms with Crippen LogP contribution in [0.25, 0.3) is 0 Å². The molecule has 4 rings (SSSR count). The van der Waals surface area contributed by atoms with Crippen molar-refractivity contribution in [1.29, 1.82) is 0 Å². The number of carbonyl (C=O) groups is 1. The van der Waals surface area contributed by atoms with E-state index in [0.717, 1.165) is 50.5 Å². The number of carbonyl (C=O) groups excluding carboxylic acids is 1. The minimum absolute atomic E-state index is 0.0356. The van der Waals surface area contributed by atoms with Crippen molar-refractivity contribution in [2.75, 3.05) is 64.9 Å². The van der Waals surface area contributed by atoms with Crippen LogP contribution in [-0.4, -0.2) is 75.7 Å². The third kappa shape index (κ3) is 5.38. The Bertz CT molecular complexity index is 908. The highest BCUT2D eigenvalue weighted by Gasteiger charge is 2.26. The van der Waals surface area contributed by atoms with E-state index in [0.29, 0.717) is 6.54 Å². The number of hydrogen-bond acceptors (Lipinski definition) is 5. The molecule has 0 spiro atoms. The molecular weight excluding hydrogens is 388 g/mol. The van der Waals surface area contributed by atoms with E-state index in [2.05, 4.69) is 52.3 Å². The normalized spacial score (nSPS) is 18.0. The molecule has 0 aromatic heterocycles. The summed E-state index contributed by atoms with van der Waals surface area (Å²) in [5.41, 5.74) is 5.15. The van der Waals surface area contributed by atoms with E-state index >= 15 is 0 Å². The van der Waals surface area contributed by atoms with Crippen LogP contribution < -0.4 is 15.0 Å². The van der Waals surface area contributed by atoms with Crippen molar-refractivity contribution in [3.05, 3.63) is 59.2 Å². The summed E-state index contributed by atoms with van der Waals surface area (Å²) in [5.74, 6) is 0.648. The highest BCUT2D eigenvalue weighted by atomic mass is 16.5. The van der Waals surface area contributed by atoms with Gasteiger partial charge in [0.15, 0.2) is 6.61 Å². The van der Waals surface area contributed by atoms with E-state index in [1.165, 1.54) is 16.8 Å². The zero-order valence-electron chi connectivity index (χ0n) is 18.9. The molecule has 1 amide bonds. The van der Waals surface area contributed by atoms with Crippen molar-refractivity contribution >= 4 is 11.6 Å². The second kappa shape index (κ2) is 9.71. The molecule has 31 heavy (non-hydrogen) atoms. The minimum Gasteiger partial charge on any atom is -0.484 e. The molecule has 2 aliphatic rings. The van der Waals surface area contributed by atoms with Gasteiger partial charge >= 0.3 is 0 Å². The van der Waals surface area contributed by atoms with E-state index in [9.17, 15) is 4.79 Å². The number of piperazine rings is 1. The number of aryl methyl sites for hydroxylation is 1. The van der Waals surface area contributed by atoms with Gasteiger partial charge in [-0.15, -0.1) is 0 Å². The molecule has 1 N–H and O–H groups in total. The molecule has 2 aliphatic heterocycles. The first-order chi connectivity index (χ1) is 15.0. The van der Waals surface area contributed by atoms with E-state index in [1.807, 2.05) is 31.2 Å². The lowest BCUT2D eigenvalue weighted by atomic mass is 10.00. The van der Waals surface area contributed by atoms with Gasteiger partial charge < -0.3 is 19.9 Å². The van der Waals surface area contributed by atoms with Crippen LogP contribution in [0.3, 0.4) is 0 Å². The maximum Gasteiger partial charge on any atom is 0.258 e. The monoisotopic (exact) mass is 422 g/mol. The van der Waals surface area contributed by atoms with Crippen molar-refractivity contribution in [2.24, 2.45) is 0 Å². The molecule has 6 heteroatoms. The topological polar surface area (TPSA) is 48.1 Å². The Labute approximate surface area is 185 Å². The van der Waals surface area contributed by atoms with Crippen LogP contribution in [-0.2, 0) is 11.2 Å². The van der Waals surface area contributed by atoms with E-state index < -0.39 is 0 Å². The number of fused-ring (bicyclic) bond motifs is 1. The Kier molecular flexibility index (Phi) is 6.78. The molecule has 1 fully saturated rings. The molecule has 2 aromatic rings. The lowest BCUT2D eigenvalue weighted by Gasteiger charge is -2.38. The van der Waals surface area contributed by atoms with Crippen LogP contribution in [0.5, 0.6) is 5.75 Å². The van der Waals surface area contributed by atoms with Crippen LogP contribution >= 0.6 is 0 Å². The predicted molar refractivity (Wildman–Crippen MR) is 125 cm³/mol. The van der Waals surface area contributed by atoms with E-state index in [4.69, 9.17) is 4.74 Å². The van der Waals surface area contributed by atoms with Crippen molar-refractivity contribution in [1.82, 2.24) is 15.1 Å². The molecule has 0 aliphatic carbocycles. The van der Waals surface area contributed by atoms with Gasteiger partial charge in [-0.3, -0.25) is 9.69 Å². The third-order valence-electron chi connectivity index (χ3n) is 6.45. The quantitative estimate of drug-likeness (QED) is 0.743. The largest absolute Gasteiger partial charge is 0.484 e. The van der Waals surface area contributed by atoms with Crippen molar-refractivity contribution in [3.8, 4) is 5.75 Å². The zero-order valence-corrected chi connectivity index (χ0v) is 18.9. The molecule has 1 saturated heterocycles. The molecule has 1 atom stereocenters. The van der Waals surface area contributed by atoms with E-state index in [1.54, 1.807) is 0 Å². The summed E-state index contributed by atoms with van der Waals surface area (Å²) in [5, 5.41) is 3.12. The van der Waals surface area contributed by atoms with Gasteiger partial charge in [-0.25, -0.2) is 0 Å². The number of hydrogen-bond donors (Lipinski definition) is 1. The van der Waals surface area contributed by atoms with Crippen molar-refractivity contribution in [3.63, 3.8) is 0 Å². The van der Waals surface area contributed by atoms with Gasteiger partial charge in [0, 0.05) is 52.0 Å². The number of nitrogens with one attached hydrogen (secondary N) is 1. The summed E-state index contributed by atoms with van der Waals surface area (Å²) >= 11 is 0. The van der Waals surface area contributed by atoms with Gasteiger partial charge in [0.1, 0.15) is 5.75 Å². The number of benzene rings is 2. The summed E-state index contributed by atoms with van der Waals surface area (Å²) in [6.07, 6.45) is 1.09. The van der Waals surface area contributed by atoms with Gasteiger partial charge in [0.25, 0.3) is 5.91 Å². The SMILES string of the molecule is Cc1cccc(OCC(=O)NC[C@H](c2ccc3c(c2)CCN3C)N2CCN(C)CC2)c1. The van der Waals surface area contributed by atoms with Crippen molar-refractivity contribution < 1.29 is 9.53 Å². The second-order valence-corrected chi connectivity index (χ2v) is 8.82. The van der Waals surface area contributed by atoms with Crippen LogP contribution in [0.2, 0.25) is 0 Å². The highest BCUT2D eigenvalue weighted by Crippen LogP contribution is 2.31. The average Bonchev–Trinajstić information content (AvgIpc) is 3.14. The van der Waals surface area contributed by atoms with Gasteiger partial charge in [0.2, 0.25) is 0 Å². The van der Waals surface area contributed by atoms with Gasteiger partial charge in [-0.05, 0) is 55.3 Å². The number of rotatable bonds is 7. The Hall–Kier alpha value is -2.57. The van der Waals surface area contributed by atoms with Crippen LogP contribution in [0.1, 0.15) is 22.7 Å². The maximum absolute atomic E-state index is 12.5. The lowest BCUT2D eigenvalue weighted by molar-refractivity contribution is -0.123. The van der Waals surface area contributed by atoms with Crippen LogP contribution in [0, 0.1) is 6.92 Å². The summed E-state index contributed by atoms with van der Waals surface area (Å²) in [7, 11) is 4.32. The first-order valence-electron chi connectivity index (χ1n) is 11.2. The first kappa shape index (κ1) is 21.7. The molecule has 6 nitrogen and oxygen atoms in total. The van der Waals surface area contributed by atoms with Gasteiger partial charge in [0.05, 0.1) is 6.04 Å². The second-order valence-electron chi connectivity index (χ2n) is 8.82. The summed E-state index contributed by atoms with van der Waals surface area (Å²) in [6.45, 7) is 7.83. The molecule has 2 aromatic carbocycles. The number of anilines is 1. The number of likely N-dealkylation sites (N-methyl/N-ethyl adjacent to an activating group) is 2.